The molecule has 2 unspecified atom stereocenters. The predicted molar refractivity (Wildman–Crippen MR) is 148 cm³/mol. The molecule has 1 fully saturated rings. The molecule has 1 aliphatic carbocycles. The molecule has 3 heterocycles. The fourth-order valence-corrected chi connectivity index (χ4v) is 5.63. The van der Waals surface area contributed by atoms with Crippen LogP contribution in [0.2, 0.25) is 5.02 Å². The molecule has 1 amide bonds. The summed E-state index contributed by atoms with van der Waals surface area (Å²) in [5, 5.41) is 11.9. The van der Waals surface area contributed by atoms with E-state index < -0.39 is 35.2 Å². The summed E-state index contributed by atoms with van der Waals surface area (Å²) in [5.74, 6) is 0. The first-order valence-corrected chi connectivity index (χ1v) is 13.5. The Morgan fingerprint density at radius 1 is 1.12 bits per heavy atom. The number of rotatable bonds is 3. The van der Waals surface area contributed by atoms with Crippen LogP contribution in [0.15, 0.2) is 49.1 Å². The molecule has 5 rings (SSSR count). The van der Waals surface area contributed by atoms with Crippen molar-refractivity contribution in [3.05, 3.63) is 82.2 Å². The zero-order chi connectivity index (χ0) is 29.7. The summed E-state index contributed by atoms with van der Waals surface area (Å²) < 4.78 is 51.6. The smallest absolute Gasteiger partial charge is 0.427 e. The molecule has 41 heavy (non-hydrogen) atoms. The lowest BCUT2D eigenvalue weighted by molar-refractivity contribution is -0.242. The van der Waals surface area contributed by atoms with Crippen molar-refractivity contribution in [1.29, 1.82) is 0 Å². The first kappa shape index (κ1) is 29.1. The van der Waals surface area contributed by atoms with Crippen molar-refractivity contribution < 1.29 is 27.8 Å². The summed E-state index contributed by atoms with van der Waals surface area (Å²) in [6.07, 6.45) is -0.360. The summed E-state index contributed by atoms with van der Waals surface area (Å²) in [5.41, 5.74) is -3.24. The number of hydrogen-bond donors (Lipinski definition) is 1. The molecule has 8 nitrogen and oxygen atoms in total. The number of aliphatic hydroxyl groups is 1. The minimum absolute atomic E-state index is 0.149. The molecule has 2 aromatic heterocycles. The number of hydrogen-bond acceptors (Lipinski definition) is 6. The van der Waals surface area contributed by atoms with E-state index in [2.05, 4.69) is 14.9 Å². The number of benzene rings is 1. The molecule has 2 atom stereocenters. The lowest BCUT2D eigenvalue weighted by Crippen LogP contribution is -2.51. The third kappa shape index (κ3) is 5.33. The Morgan fingerprint density at radius 2 is 1.83 bits per heavy atom. The van der Waals surface area contributed by atoms with E-state index in [9.17, 15) is 23.1 Å². The van der Waals surface area contributed by atoms with Crippen molar-refractivity contribution >= 4 is 29.3 Å². The minimum Gasteiger partial charge on any atom is -0.444 e. The number of ether oxygens (including phenoxy) is 1. The predicted octanol–water partition coefficient (Wildman–Crippen LogP) is 5.41. The van der Waals surface area contributed by atoms with Crippen molar-refractivity contribution in [3.8, 4) is 0 Å². The molecule has 0 radical (unpaired) electrons. The SMILES string of the molecule is Cn1cncc1C(O)(C1=Cc2cccnc2C(N2CCN(C(=O)OC(C)(C)C)CC2)c2ccc(Cl)cc21)C(F)(F)F. The fourth-order valence-electron chi connectivity index (χ4n) is 5.46. The second-order valence-corrected chi connectivity index (χ2v) is 11.7. The van der Waals surface area contributed by atoms with Crippen LogP contribution in [-0.4, -0.2) is 73.5 Å². The molecule has 1 aromatic carbocycles. The lowest BCUT2D eigenvalue weighted by Gasteiger charge is -2.40. The van der Waals surface area contributed by atoms with Gasteiger partial charge in [0.25, 0.3) is 0 Å². The van der Waals surface area contributed by atoms with Gasteiger partial charge in [-0.25, -0.2) is 9.78 Å². The third-order valence-corrected chi connectivity index (χ3v) is 7.58. The molecule has 1 N–H and O–H groups in total. The van der Waals surface area contributed by atoms with Gasteiger partial charge >= 0.3 is 12.3 Å². The van der Waals surface area contributed by atoms with E-state index in [1.807, 2.05) is 0 Å². The summed E-state index contributed by atoms with van der Waals surface area (Å²) in [7, 11) is 1.40. The highest BCUT2D eigenvalue weighted by Gasteiger charge is 2.60. The van der Waals surface area contributed by atoms with Crippen molar-refractivity contribution in [2.24, 2.45) is 7.05 Å². The number of halogens is 4. The van der Waals surface area contributed by atoms with Gasteiger partial charge in [0.2, 0.25) is 5.60 Å². The largest absolute Gasteiger partial charge is 0.444 e. The van der Waals surface area contributed by atoms with Gasteiger partial charge in [0, 0.05) is 50.0 Å². The van der Waals surface area contributed by atoms with Crippen LogP contribution in [0.1, 0.15) is 54.9 Å². The zero-order valence-electron chi connectivity index (χ0n) is 23.1. The number of aromatic nitrogens is 3. The van der Waals surface area contributed by atoms with Gasteiger partial charge in [-0.05, 0) is 61.7 Å². The van der Waals surface area contributed by atoms with E-state index in [4.69, 9.17) is 16.3 Å². The topological polar surface area (TPSA) is 83.7 Å². The number of nitrogens with zero attached hydrogens (tertiary/aromatic N) is 5. The molecule has 3 aromatic rings. The van der Waals surface area contributed by atoms with Gasteiger partial charge in [0.05, 0.1) is 30.0 Å². The quantitative estimate of drug-likeness (QED) is 0.440. The normalized spacial score (nSPS) is 19.5. The van der Waals surface area contributed by atoms with Crippen molar-refractivity contribution in [2.45, 2.75) is 44.2 Å². The van der Waals surface area contributed by atoms with Crippen molar-refractivity contribution in [1.82, 2.24) is 24.3 Å². The van der Waals surface area contributed by atoms with Crippen molar-refractivity contribution in [3.63, 3.8) is 0 Å². The number of aryl methyl sites for hydroxylation is 1. The van der Waals surface area contributed by atoms with Gasteiger partial charge < -0.3 is 19.3 Å². The fraction of sp³-hybridized carbons (Fsp3) is 0.414. The highest BCUT2D eigenvalue weighted by atomic mass is 35.5. The highest BCUT2D eigenvalue weighted by molar-refractivity contribution is 6.30. The van der Waals surface area contributed by atoms with E-state index in [1.54, 1.807) is 56.1 Å². The molecule has 218 valence electrons. The van der Waals surface area contributed by atoms with E-state index in [0.717, 1.165) is 10.8 Å². The molecule has 0 saturated carbocycles. The first-order valence-electron chi connectivity index (χ1n) is 13.2. The average molecular weight is 590 g/mol. The minimum atomic E-state index is -5.10. The Hall–Kier alpha value is -3.41. The maximum absolute atomic E-state index is 15.0. The maximum Gasteiger partial charge on any atom is 0.427 e. The second-order valence-electron chi connectivity index (χ2n) is 11.3. The van der Waals surface area contributed by atoms with Gasteiger partial charge in [-0.1, -0.05) is 23.7 Å². The molecule has 1 aliphatic heterocycles. The Kier molecular flexibility index (Phi) is 7.42. The molecule has 0 spiro atoms. The summed E-state index contributed by atoms with van der Waals surface area (Å²) in [4.78, 5) is 24.8. The molecule has 2 aliphatic rings. The Balaban J connectivity index is 1.64. The van der Waals surface area contributed by atoms with E-state index in [1.165, 1.54) is 25.5 Å². The van der Waals surface area contributed by atoms with Crippen LogP contribution in [-0.2, 0) is 17.4 Å². The third-order valence-electron chi connectivity index (χ3n) is 7.35. The number of carbonyl (C=O) groups is 1. The number of pyridine rings is 1. The second kappa shape index (κ2) is 10.5. The highest BCUT2D eigenvalue weighted by Crippen LogP contribution is 2.52. The van der Waals surface area contributed by atoms with Gasteiger partial charge in [0.15, 0.2) is 0 Å². The van der Waals surface area contributed by atoms with Gasteiger partial charge in [-0.2, -0.15) is 13.2 Å². The molecule has 0 bridgehead atoms. The van der Waals surface area contributed by atoms with Crippen LogP contribution in [0.25, 0.3) is 11.6 Å². The first-order chi connectivity index (χ1) is 19.2. The van der Waals surface area contributed by atoms with Crippen LogP contribution in [0.3, 0.4) is 0 Å². The molecule has 1 saturated heterocycles. The number of fused-ring (bicyclic) bond motifs is 2. The van der Waals surface area contributed by atoms with Crippen molar-refractivity contribution in [2.75, 3.05) is 26.2 Å². The van der Waals surface area contributed by atoms with Gasteiger partial charge in [-0.3, -0.25) is 9.88 Å². The number of alkyl halides is 3. The standard InChI is InChI=1S/C29H31ClF3N5O3/c1-27(2,3)41-26(39)38-12-10-37(11-13-38)25-20-8-7-19(30)15-21(20)22(14-18-6-5-9-35-24(18)25)28(40,29(31,32)33)23-16-34-17-36(23)4/h5-9,14-17,25,40H,10-13H2,1-4H3. The van der Waals surface area contributed by atoms with E-state index in [0.29, 0.717) is 43.0 Å². The average Bonchev–Trinajstić information content (AvgIpc) is 3.27. The molecule has 12 heteroatoms. The summed E-state index contributed by atoms with van der Waals surface area (Å²) in [6, 6.07) is 7.50. The Labute approximate surface area is 241 Å². The van der Waals surface area contributed by atoms with Crippen LogP contribution in [0, 0.1) is 0 Å². The Morgan fingerprint density at radius 3 is 2.44 bits per heavy atom. The number of carbonyl (C=O) groups excluding carboxylic acids is 1. The van der Waals surface area contributed by atoms with E-state index >= 15 is 0 Å². The zero-order valence-corrected chi connectivity index (χ0v) is 23.9. The van der Waals surface area contributed by atoms with Crippen LogP contribution >= 0.6 is 11.6 Å². The van der Waals surface area contributed by atoms with Gasteiger partial charge in [0.1, 0.15) is 5.60 Å². The van der Waals surface area contributed by atoms with Crippen LogP contribution < -0.4 is 0 Å². The number of piperazine rings is 1. The maximum atomic E-state index is 15.0. The lowest BCUT2D eigenvalue weighted by atomic mass is 9.82. The number of amides is 1. The van der Waals surface area contributed by atoms with Crippen LogP contribution in [0.4, 0.5) is 18.0 Å². The molecular formula is C29H31ClF3N5O3. The molecular weight excluding hydrogens is 559 g/mol. The van der Waals surface area contributed by atoms with Crippen LogP contribution in [0.5, 0.6) is 0 Å². The number of imidazole rings is 1. The van der Waals surface area contributed by atoms with Gasteiger partial charge in [-0.15, -0.1) is 0 Å². The van der Waals surface area contributed by atoms with E-state index in [-0.39, 0.29) is 16.2 Å². The summed E-state index contributed by atoms with van der Waals surface area (Å²) >= 11 is 6.37. The monoisotopic (exact) mass is 589 g/mol. The Bertz CT molecular complexity index is 1490. The summed E-state index contributed by atoms with van der Waals surface area (Å²) in [6.45, 7) is 6.96.